The van der Waals surface area contributed by atoms with Crippen molar-refractivity contribution >= 4 is 0 Å². The molecule has 0 aliphatic carbocycles. The molecule has 0 heterocycles. The molecule has 2 unspecified atom stereocenters. The summed E-state index contributed by atoms with van der Waals surface area (Å²) in [5.74, 6) is 0.904. The molecule has 0 aromatic heterocycles. The van der Waals surface area contributed by atoms with Crippen molar-refractivity contribution in [1.82, 2.24) is 5.32 Å². The fourth-order valence-electron chi connectivity index (χ4n) is 2.05. The van der Waals surface area contributed by atoms with Crippen molar-refractivity contribution in [3.05, 3.63) is 29.3 Å². The number of rotatable bonds is 6. The van der Waals surface area contributed by atoms with Gasteiger partial charge in [-0.15, -0.1) is 0 Å². The first-order valence-corrected chi connectivity index (χ1v) is 6.39. The van der Waals surface area contributed by atoms with E-state index in [4.69, 9.17) is 10.00 Å². The maximum absolute atomic E-state index is 8.77. The van der Waals surface area contributed by atoms with E-state index in [1.165, 1.54) is 5.56 Å². The van der Waals surface area contributed by atoms with Crippen LogP contribution in [0.25, 0.3) is 0 Å². The molecule has 1 rings (SSSR count). The van der Waals surface area contributed by atoms with E-state index in [1.54, 1.807) is 7.11 Å². The summed E-state index contributed by atoms with van der Waals surface area (Å²) in [5, 5.41) is 12.2. The number of hydrogen-bond acceptors (Lipinski definition) is 3. The number of benzene rings is 1. The standard InChI is InChI=1S/C15H22N2O/c1-5-13(8-9-16)17-12(3)14-7-6-11(2)10-15(14)18-4/h6-7,10,12-13,17H,5,8H2,1-4H3. The molecule has 0 aliphatic heterocycles. The molecule has 98 valence electrons. The smallest absolute Gasteiger partial charge is 0.123 e. The Labute approximate surface area is 110 Å². The SMILES string of the molecule is CCC(CC#N)NC(C)c1ccc(C)cc1OC. The van der Waals surface area contributed by atoms with Crippen LogP contribution in [0.1, 0.15) is 43.9 Å². The molecule has 3 heteroatoms. The van der Waals surface area contributed by atoms with Gasteiger partial charge in [-0.2, -0.15) is 5.26 Å². The van der Waals surface area contributed by atoms with Gasteiger partial charge in [0.05, 0.1) is 19.6 Å². The molecule has 1 N–H and O–H groups in total. The summed E-state index contributed by atoms with van der Waals surface area (Å²) >= 11 is 0. The lowest BCUT2D eigenvalue weighted by atomic mass is 10.0. The van der Waals surface area contributed by atoms with Crippen molar-refractivity contribution < 1.29 is 4.74 Å². The molecule has 1 aromatic rings. The summed E-state index contributed by atoms with van der Waals surface area (Å²) in [6.07, 6.45) is 1.49. The van der Waals surface area contributed by atoms with Crippen LogP contribution in [0.4, 0.5) is 0 Å². The van der Waals surface area contributed by atoms with Crippen molar-refractivity contribution in [2.24, 2.45) is 0 Å². The number of methoxy groups -OCH3 is 1. The van der Waals surface area contributed by atoms with E-state index in [2.05, 4.69) is 44.3 Å². The van der Waals surface area contributed by atoms with E-state index in [0.717, 1.165) is 17.7 Å². The summed E-state index contributed by atoms with van der Waals surface area (Å²) in [6, 6.07) is 8.84. The second-order valence-electron chi connectivity index (χ2n) is 4.60. The second-order valence-corrected chi connectivity index (χ2v) is 4.60. The zero-order chi connectivity index (χ0) is 13.5. The Morgan fingerprint density at radius 2 is 2.17 bits per heavy atom. The number of nitrogens with one attached hydrogen (secondary N) is 1. The molecule has 0 saturated carbocycles. The molecule has 3 nitrogen and oxygen atoms in total. The normalized spacial score (nSPS) is 13.7. The Kier molecular flexibility index (Phi) is 5.67. The largest absolute Gasteiger partial charge is 0.496 e. The first kappa shape index (κ1) is 14.5. The minimum atomic E-state index is 0.179. The predicted octanol–water partition coefficient (Wildman–Crippen LogP) is 3.35. The number of nitriles is 1. The second kappa shape index (κ2) is 7.03. The van der Waals surface area contributed by atoms with Gasteiger partial charge in [0.25, 0.3) is 0 Å². The van der Waals surface area contributed by atoms with Gasteiger partial charge in [0, 0.05) is 17.6 Å². The van der Waals surface area contributed by atoms with Crippen LogP contribution in [-0.4, -0.2) is 13.2 Å². The predicted molar refractivity (Wildman–Crippen MR) is 73.6 cm³/mol. The molecule has 0 radical (unpaired) electrons. The number of hydrogen-bond donors (Lipinski definition) is 1. The highest BCUT2D eigenvalue weighted by molar-refractivity contribution is 5.39. The Morgan fingerprint density at radius 1 is 1.44 bits per heavy atom. The summed E-state index contributed by atoms with van der Waals surface area (Å²) in [7, 11) is 1.69. The Bertz CT molecular complexity index is 423. The monoisotopic (exact) mass is 246 g/mol. The average molecular weight is 246 g/mol. The molecule has 2 atom stereocenters. The molecule has 1 aromatic carbocycles. The zero-order valence-electron chi connectivity index (χ0n) is 11.7. The van der Waals surface area contributed by atoms with Crippen LogP contribution in [0.2, 0.25) is 0 Å². The maximum Gasteiger partial charge on any atom is 0.123 e. The minimum absolute atomic E-state index is 0.179. The Balaban J connectivity index is 2.83. The van der Waals surface area contributed by atoms with Crippen LogP contribution >= 0.6 is 0 Å². The minimum Gasteiger partial charge on any atom is -0.496 e. The van der Waals surface area contributed by atoms with E-state index in [0.29, 0.717) is 6.42 Å². The zero-order valence-corrected chi connectivity index (χ0v) is 11.7. The molecule has 0 spiro atoms. The lowest BCUT2D eigenvalue weighted by Gasteiger charge is -2.22. The van der Waals surface area contributed by atoms with Gasteiger partial charge in [-0.1, -0.05) is 19.1 Å². The third-order valence-corrected chi connectivity index (χ3v) is 3.17. The highest BCUT2D eigenvalue weighted by atomic mass is 16.5. The molecule has 0 saturated heterocycles. The molecule has 0 amide bonds. The van der Waals surface area contributed by atoms with Crippen molar-refractivity contribution in [3.63, 3.8) is 0 Å². The Hall–Kier alpha value is -1.53. The summed E-state index contributed by atoms with van der Waals surface area (Å²) in [6.45, 7) is 6.25. The van der Waals surface area contributed by atoms with E-state index in [-0.39, 0.29) is 12.1 Å². The van der Waals surface area contributed by atoms with Gasteiger partial charge >= 0.3 is 0 Å². The van der Waals surface area contributed by atoms with Crippen molar-refractivity contribution in [2.45, 2.75) is 45.7 Å². The fourth-order valence-corrected chi connectivity index (χ4v) is 2.05. The van der Waals surface area contributed by atoms with E-state index in [9.17, 15) is 0 Å². The summed E-state index contributed by atoms with van der Waals surface area (Å²) in [4.78, 5) is 0. The highest BCUT2D eigenvalue weighted by Gasteiger charge is 2.15. The topological polar surface area (TPSA) is 45.0 Å². The van der Waals surface area contributed by atoms with E-state index >= 15 is 0 Å². The molecule has 0 fully saturated rings. The van der Waals surface area contributed by atoms with E-state index in [1.807, 2.05) is 6.07 Å². The van der Waals surface area contributed by atoms with Crippen LogP contribution in [0.15, 0.2) is 18.2 Å². The van der Waals surface area contributed by atoms with Crippen LogP contribution in [0.3, 0.4) is 0 Å². The van der Waals surface area contributed by atoms with Crippen molar-refractivity contribution in [3.8, 4) is 11.8 Å². The average Bonchev–Trinajstić information content (AvgIpc) is 2.37. The molecular weight excluding hydrogens is 224 g/mol. The van der Waals surface area contributed by atoms with Gasteiger partial charge in [-0.3, -0.25) is 0 Å². The Morgan fingerprint density at radius 3 is 2.72 bits per heavy atom. The van der Waals surface area contributed by atoms with Crippen LogP contribution in [-0.2, 0) is 0 Å². The fraction of sp³-hybridized carbons (Fsp3) is 0.533. The summed E-state index contributed by atoms with van der Waals surface area (Å²) in [5.41, 5.74) is 2.33. The van der Waals surface area contributed by atoms with Gasteiger partial charge in [0.1, 0.15) is 5.75 Å². The number of nitrogens with zero attached hydrogens (tertiary/aromatic N) is 1. The van der Waals surface area contributed by atoms with Gasteiger partial charge in [-0.05, 0) is 31.9 Å². The molecular formula is C15H22N2O. The van der Waals surface area contributed by atoms with Gasteiger partial charge < -0.3 is 10.1 Å². The summed E-state index contributed by atoms with van der Waals surface area (Å²) < 4.78 is 5.42. The van der Waals surface area contributed by atoms with Crippen molar-refractivity contribution in [2.75, 3.05) is 7.11 Å². The highest BCUT2D eigenvalue weighted by Crippen LogP contribution is 2.26. The van der Waals surface area contributed by atoms with Gasteiger partial charge in [0.15, 0.2) is 0 Å². The van der Waals surface area contributed by atoms with Crippen molar-refractivity contribution in [1.29, 1.82) is 5.26 Å². The number of ether oxygens (including phenoxy) is 1. The van der Waals surface area contributed by atoms with Crippen LogP contribution in [0.5, 0.6) is 5.75 Å². The lowest BCUT2D eigenvalue weighted by Crippen LogP contribution is -2.30. The lowest BCUT2D eigenvalue weighted by molar-refractivity contribution is 0.390. The molecule has 0 aliphatic rings. The van der Waals surface area contributed by atoms with Gasteiger partial charge in [-0.25, -0.2) is 0 Å². The van der Waals surface area contributed by atoms with Gasteiger partial charge in [0.2, 0.25) is 0 Å². The van der Waals surface area contributed by atoms with E-state index < -0.39 is 0 Å². The first-order valence-electron chi connectivity index (χ1n) is 6.39. The first-order chi connectivity index (χ1) is 8.62. The van der Waals surface area contributed by atoms with Crippen LogP contribution in [0, 0.1) is 18.3 Å². The quantitative estimate of drug-likeness (QED) is 0.837. The maximum atomic E-state index is 8.77. The number of aryl methyl sites for hydroxylation is 1. The molecule has 18 heavy (non-hydrogen) atoms. The third-order valence-electron chi connectivity index (χ3n) is 3.17. The molecule has 0 bridgehead atoms. The third kappa shape index (κ3) is 3.75. The van der Waals surface area contributed by atoms with Crippen LogP contribution < -0.4 is 10.1 Å².